The molecule has 5 nitrogen and oxygen atoms in total. The van der Waals surface area contributed by atoms with Gasteiger partial charge in [0.1, 0.15) is 17.3 Å². The van der Waals surface area contributed by atoms with Gasteiger partial charge >= 0.3 is 0 Å². The van der Waals surface area contributed by atoms with Crippen LogP contribution in [0.15, 0.2) is 60.9 Å². The summed E-state index contributed by atoms with van der Waals surface area (Å²) in [5.74, 6) is -0.125. The van der Waals surface area contributed by atoms with Crippen molar-refractivity contribution in [2.75, 3.05) is 16.8 Å². The third kappa shape index (κ3) is 4.03. The highest BCUT2D eigenvalue weighted by Crippen LogP contribution is 2.19. The van der Waals surface area contributed by atoms with Gasteiger partial charge in [-0.2, -0.15) is 0 Å². The van der Waals surface area contributed by atoms with Crippen molar-refractivity contribution in [1.29, 1.82) is 0 Å². The predicted octanol–water partition coefficient (Wildman–Crippen LogP) is 4.33. The number of rotatable bonds is 5. The number of halogens is 1. The van der Waals surface area contributed by atoms with Crippen molar-refractivity contribution in [1.82, 2.24) is 9.97 Å². The molecule has 0 bridgehead atoms. The fourth-order valence-electron chi connectivity index (χ4n) is 2.59. The van der Waals surface area contributed by atoms with E-state index >= 15 is 0 Å². The summed E-state index contributed by atoms with van der Waals surface area (Å²) in [4.78, 5) is 22.8. The Hall–Kier alpha value is -3.28. The van der Waals surface area contributed by atoms with Crippen LogP contribution in [0.3, 0.4) is 0 Å². The van der Waals surface area contributed by atoms with Crippen LogP contribution in [0.1, 0.15) is 23.0 Å². The highest BCUT2D eigenvalue weighted by molar-refractivity contribution is 6.04. The van der Waals surface area contributed by atoms with Crippen LogP contribution < -0.4 is 10.2 Å². The summed E-state index contributed by atoms with van der Waals surface area (Å²) in [6, 6.07) is 13.8. The first-order chi connectivity index (χ1) is 12.6. The van der Waals surface area contributed by atoms with Gasteiger partial charge in [-0.3, -0.25) is 4.79 Å². The lowest BCUT2D eigenvalue weighted by atomic mass is 10.2. The normalized spacial score (nSPS) is 10.4. The van der Waals surface area contributed by atoms with E-state index in [-0.39, 0.29) is 17.4 Å². The molecule has 3 rings (SSSR count). The maximum absolute atomic E-state index is 13.2. The van der Waals surface area contributed by atoms with E-state index in [4.69, 9.17) is 0 Å². The van der Waals surface area contributed by atoms with Crippen LogP contribution in [-0.2, 0) is 0 Å². The van der Waals surface area contributed by atoms with Crippen LogP contribution in [0.4, 0.5) is 21.6 Å². The minimum atomic E-state index is -0.341. The maximum atomic E-state index is 13.2. The molecule has 6 heteroatoms. The van der Waals surface area contributed by atoms with E-state index in [1.165, 1.54) is 24.5 Å². The van der Waals surface area contributed by atoms with Crippen molar-refractivity contribution in [2.45, 2.75) is 13.8 Å². The average Bonchev–Trinajstić information content (AvgIpc) is 2.63. The SMILES string of the molecule is CCN(C(=O)c1cnc(Nc2cccc(F)c2)cn1)c1cccc(C)c1. The van der Waals surface area contributed by atoms with Crippen molar-refractivity contribution in [2.24, 2.45) is 0 Å². The first-order valence-electron chi connectivity index (χ1n) is 8.30. The number of aromatic nitrogens is 2. The zero-order valence-corrected chi connectivity index (χ0v) is 14.6. The molecule has 0 radical (unpaired) electrons. The smallest absolute Gasteiger partial charge is 0.278 e. The lowest BCUT2D eigenvalue weighted by Crippen LogP contribution is -2.31. The molecule has 0 fully saturated rings. The molecule has 1 amide bonds. The minimum Gasteiger partial charge on any atom is -0.339 e. The second kappa shape index (κ2) is 7.74. The molecule has 0 aliphatic heterocycles. The van der Waals surface area contributed by atoms with Crippen LogP contribution in [0.5, 0.6) is 0 Å². The molecule has 2 aromatic carbocycles. The number of aryl methyl sites for hydroxylation is 1. The van der Waals surface area contributed by atoms with E-state index in [0.29, 0.717) is 18.1 Å². The summed E-state index contributed by atoms with van der Waals surface area (Å²) in [6.07, 6.45) is 2.88. The average molecular weight is 350 g/mol. The van der Waals surface area contributed by atoms with Crippen molar-refractivity contribution in [3.8, 4) is 0 Å². The van der Waals surface area contributed by atoms with E-state index in [1.54, 1.807) is 17.0 Å². The lowest BCUT2D eigenvalue weighted by Gasteiger charge is -2.21. The zero-order chi connectivity index (χ0) is 18.5. The zero-order valence-electron chi connectivity index (χ0n) is 14.6. The Labute approximate surface area is 151 Å². The van der Waals surface area contributed by atoms with Gasteiger partial charge in [-0.1, -0.05) is 18.2 Å². The quantitative estimate of drug-likeness (QED) is 0.744. The highest BCUT2D eigenvalue weighted by Gasteiger charge is 2.18. The second-order valence-corrected chi connectivity index (χ2v) is 5.81. The van der Waals surface area contributed by atoms with Crippen molar-refractivity contribution < 1.29 is 9.18 Å². The topological polar surface area (TPSA) is 58.1 Å². The molecule has 0 aliphatic rings. The Balaban J connectivity index is 1.77. The molecule has 1 heterocycles. The van der Waals surface area contributed by atoms with Gasteiger partial charge in [-0.05, 0) is 49.7 Å². The second-order valence-electron chi connectivity index (χ2n) is 5.81. The third-order valence-corrected chi connectivity index (χ3v) is 3.84. The Bertz CT molecular complexity index is 912. The molecule has 0 atom stereocenters. The predicted molar refractivity (Wildman–Crippen MR) is 100 cm³/mol. The summed E-state index contributed by atoms with van der Waals surface area (Å²) in [5, 5.41) is 2.95. The van der Waals surface area contributed by atoms with Crippen molar-refractivity contribution >= 4 is 23.1 Å². The van der Waals surface area contributed by atoms with E-state index in [9.17, 15) is 9.18 Å². The highest BCUT2D eigenvalue weighted by atomic mass is 19.1. The van der Waals surface area contributed by atoms with Crippen LogP contribution in [0.2, 0.25) is 0 Å². The van der Waals surface area contributed by atoms with Crippen molar-refractivity contribution in [3.05, 3.63) is 78.0 Å². The van der Waals surface area contributed by atoms with Crippen LogP contribution in [0, 0.1) is 12.7 Å². The molecule has 0 spiro atoms. The van der Waals surface area contributed by atoms with Crippen molar-refractivity contribution in [3.63, 3.8) is 0 Å². The number of nitrogens with zero attached hydrogens (tertiary/aromatic N) is 3. The molecule has 0 saturated carbocycles. The standard InChI is InChI=1S/C20H19FN4O/c1-3-25(17-9-4-6-14(2)10-17)20(26)18-12-23-19(13-22-18)24-16-8-5-7-15(21)11-16/h4-13H,3H2,1-2H3,(H,23,24). The molecule has 0 aliphatic carbocycles. The molecule has 1 aromatic heterocycles. The minimum absolute atomic E-state index is 0.220. The molecule has 132 valence electrons. The monoisotopic (exact) mass is 350 g/mol. The lowest BCUT2D eigenvalue weighted by molar-refractivity contribution is 0.0983. The van der Waals surface area contributed by atoms with E-state index in [1.807, 2.05) is 38.1 Å². The summed E-state index contributed by atoms with van der Waals surface area (Å²) in [5.41, 5.74) is 2.71. The molecule has 0 unspecified atom stereocenters. The number of carbonyl (C=O) groups is 1. The molecule has 0 saturated heterocycles. The van der Waals surface area contributed by atoms with Gasteiger partial charge in [0.2, 0.25) is 0 Å². The Morgan fingerprint density at radius 1 is 1.12 bits per heavy atom. The van der Waals surface area contributed by atoms with Gasteiger partial charge in [0.05, 0.1) is 12.4 Å². The third-order valence-electron chi connectivity index (χ3n) is 3.84. The molecular formula is C20H19FN4O. The summed E-state index contributed by atoms with van der Waals surface area (Å²) >= 11 is 0. The number of nitrogens with one attached hydrogen (secondary N) is 1. The molecule has 1 N–H and O–H groups in total. The van der Waals surface area contributed by atoms with E-state index in [0.717, 1.165) is 11.3 Å². The molecule has 3 aromatic rings. The van der Waals surface area contributed by atoms with Crippen LogP contribution >= 0.6 is 0 Å². The van der Waals surface area contributed by atoms with Gasteiger partial charge in [0.25, 0.3) is 5.91 Å². The molecular weight excluding hydrogens is 331 g/mol. The van der Waals surface area contributed by atoms with Gasteiger partial charge in [0.15, 0.2) is 0 Å². The van der Waals surface area contributed by atoms with Gasteiger partial charge in [-0.15, -0.1) is 0 Å². The number of hydrogen-bond donors (Lipinski definition) is 1. The first-order valence-corrected chi connectivity index (χ1v) is 8.30. The number of hydrogen-bond acceptors (Lipinski definition) is 4. The Morgan fingerprint density at radius 2 is 1.92 bits per heavy atom. The molecule has 26 heavy (non-hydrogen) atoms. The van der Waals surface area contributed by atoms with Gasteiger partial charge in [-0.25, -0.2) is 14.4 Å². The van der Waals surface area contributed by atoms with Gasteiger partial charge < -0.3 is 10.2 Å². The fourth-order valence-corrected chi connectivity index (χ4v) is 2.59. The Morgan fingerprint density at radius 3 is 2.58 bits per heavy atom. The Kier molecular flexibility index (Phi) is 5.22. The van der Waals surface area contributed by atoms with Crippen LogP contribution in [-0.4, -0.2) is 22.4 Å². The largest absolute Gasteiger partial charge is 0.339 e. The maximum Gasteiger partial charge on any atom is 0.278 e. The summed E-state index contributed by atoms with van der Waals surface area (Å²) in [6.45, 7) is 4.41. The fraction of sp³-hybridized carbons (Fsp3) is 0.150. The van der Waals surface area contributed by atoms with E-state index < -0.39 is 0 Å². The summed E-state index contributed by atoms with van der Waals surface area (Å²) in [7, 11) is 0. The number of anilines is 3. The number of carbonyl (C=O) groups excluding carboxylic acids is 1. The van der Waals surface area contributed by atoms with Crippen LogP contribution in [0.25, 0.3) is 0 Å². The number of benzene rings is 2. The van der Waals surface area contributed by atoms with Gasteiger partial charge in [0, 0.05) is 17.9 Å². The van der Waals surface area contributed by atoms with E-state index in [2.05, 4.69) is 15.3 Å². The first kappa shape index (κ1) is 17.5. The summed E-state index contributed by atoms with van der Waals surface area (Å²) < 4.78 is 13.2. The number of amides is 1.